The summed E-state index contributed by atoms with van der Waals surface area (Å²) in [6.45, 7) is 1.44. The molecule has 0 radical (unpaired) electrons. The van der Waals surface area contributed by atoms with E-state index in [0.717, 1.165) is 30.3 Å². The number of alkyl halides is 6. The molecule has 0 fully saturated rings. The first kappa shape index (κ1) is 23.3. The monoisotopic (exact) mass is 453 g/mol. The Bertz CT molecular complexity index is 1080. The lowest BCUT2D eigenvalue weighted by atomic mass is 9.72. The van der Waals surface area contributed by atoms with E-state index >= 15 is 0 Å². The smallest absolute Gasteiger partial charge is 0.397 e. The Morgan fingerprint density at radius 1 is 0.719 bits per heavy atom. The van der Waals surface area contributed by atoms with Crippen LogP contribution < -0.4 is 16.4 Å². The highest BCUT2D eigenvalue weighted by Crippen LogP contribution is 2.57. The van der Waals surface area contributed by atoms with Crippen LogP contribution >= 0.6 is 0 Å². The first-order valence-electron chi connectivity index (χ1n) is 9.56. The van der Waals surface area contributed by atoms with E-state index in [1.165, 1.54) is 20.0 Å². The van der Waals surface area contributed by atoms with Crippen LogP contribution in [-0.2, 0) is 5.41 Å². The van der Waals surface area contributed by atoms with Crippen LogP contribution in [0.1, 0.15) is 16.7 Å². The van der Waals surface area contributed by atoms with Gasteiger partial charge in [0.15, 0.2) is 0 Å². The number of hydrogen-bond donors (Lipinski definition) is 3. The molecule has 4 N–H and O–H groups in total. The molecule has 170 valence electrons. The molecule has 0 aliphatic heterocycles. The normalized spacial score (nSPS) is 12.5. The van der Waals surface area contributed by atoms with Crippen molar-refractivity contribution in [2.24, 2.45) is 0 Å². The lowest BCUT2D eigenvalue weighted by molar-refractivity contribution is -0.288. The Balaban J connectivity index is 2.22. The van der Waals surface area contributed by atoms with Gasteiger partial charge in [-0.25, -0.2) is 0 Å². The van der Waals surface area contributed by atoms with Crippen LogP contribution in [-0.4, -0.2) is 19.4 Å². The van der Waals surface area contributed by atoms with Crippen molar-refractivity contribution < 1.29 is 26.3 Å². The Labute approximate surface area is 181 Å². The predicted molar refractivity (Wildman–Crippen MR) is 114 cm³/mol. The van der Waals surface area contributed by atoms with E-state index in [2.05, 4.69) is 10.6 Å². The van der Waals surface area contributed by atoms with Gasteiger partial charge < -0.3 is 16.4 Å². The summed E-state index contributed by atoms with van der Waals surface area (Å²) in [5, 5.41) is 5.64. The molecule has 0 saturated heterocycles. The summed E-state index contributed by atoms with van der Waals surface area (Å²) in [6, 6.07) is 14.2. The van der Waals surface area contributed by atoms with Gasteiger partial charge in [-0.3, -0.25) is 0 Å². The Morgan fingerprint density at radius 3 is 1.72 bits per heavy atom. The highest BCUT2D eigenvalue weighted by Gasteiger charge is 2.72. The molecule has 32 heavy (non-hydrogen) atoms. The topological polar surface area (TPSA) is 50.1 Å². The average Bonchev–Trinajstić information content (AvgIpc) is 2.69. The standard InChI is InChI=1S/C23H21F6N3/c1-14-12-15(8-10-19(14)31-2)21(22(24,25)26,23(27,28)29)16-9-11-20(18(30)13-16)32-17-6-4-3-5-7-17/h3-13,31-32H,30H2,1-2H3. The molecule has 0 aromatic heterocycles. The second-order valence-electron chi connectivity index (χ2n) is 7.32. The molecule has 3 aromatic rings. The van der Waals surface area contributed by atoms with Gasteiger partial charge in [-0.2, -0.15) is 26.3 Å². The minimum absolute atomic E-state index is 0.194. The highest BCUT2D eigenvalue weighted by atomic mass is 19.4. The summed E-state index contributed by atoms with van der Waals surface area (Å²) in [5.41, 5.74) is 0.914. The third-order valence-electron chi connectivity index (χ3n) is 5.32. The van der Waals surface area contributed by atoms with Crippen LogP contribution in [0.3, 0.4) is 0 Å². The molecule has 0 bridgehead atoms. The maximum Gasteiger partial charge on any atom is 0.411 e. The lowest BCUT2D eigenvalue weighted by Gasteiger charge is -2.38. The Hall–Kier alpha value is -3.36. The molecule has 0 atom stereocenters. The maximum atomic E-state index is 14.3. The van der Waals surface area contributed by atoms with Crippen molar-refractivity contribution >= 4 is 22.7 Å². The van der Waals surface area contributed by atoms with Crippen molar-refractivity contribution in [3.05, 3.63) is 83.4 Å². The van der Waals surface area contributed by atoms with Crippen LogP contribution in [0.4, 0.5) is 49.1 Å². The minimum atomic E-state index is -5.68. The zero-order chi connectivity index (χ0) is 23.7. The predicted octanol–water partition coefficient (Wildman–Crippen LogP) is 6.77. The van der Waals surface area contributed by atoms with Crippen molar-refractivity contribution in [3.63, 3.8) is 0 Å². The van der Waals surface area contributed by atoms with Gasteiger partial charge in [0.25, 0.3) is 0 Å². The first-order valence-corrected chi connectivity index (χ1v) is 9.56. The summed E-state index contributed by atoms with van der Waals surface area (Å²) in [5.74, 6) is 0. The number of nitrogens with one attached hydrogen (secondary N) is 2. The van der Waals surface area contributed by atoms with Crippen LogP contribution in [0.25, 0.3) is 0 Å². The number of rotatable bonds is 5. The molecular formula is C23H21F6N3. The van der Waals surface area contributed by atoms with Gasteiger partial charge in [-0.15, -0.1) is 0 Å². The van der Waals surface area contributed by atoms with Gasteiger partial charge in [0, 0.05) is 18.4 Å². The fraction of sp³-hybridized carbons (Fsp3) is 0.217. The third-order valence-corrected chi connectivity index (χ3v) is 5.32. The van der Waals surface area contributed by atoms with Crippen molar-refractivity contribution in [1.29, 1.82) is 0 Å². The van der Waals surface area contributed by atoms with Crippen molar-refractivity contribution in [2.45, 2.75) is 24.7 Å². The molecule has 3 rings (SSSR count). The van der Waals surface area contributed by atoms with Crippen LogP contribution in [0, 0.1) is 6.92 Å². The zero-order valence-electron chi connectivity index (χ0n) is 17.2. The van der Waals surface area contributed by atoms with Gasteiger partial charge in [0.05, 0.1) is 11.4 Å². The van der Waals surface area contributed by atoms with Gasteiger partial charge >= 0.3 is 12.4 Å². The molecule has 0 saturated carbocycles. The van der Waals surface area contributed by atoms with Gasteiger partial charge in [-0.05, 0) is 53.9 Å². The molecule has 0 heterocycles. The SMILES string of the molecule is CNc1ccc(C(c2ccc(Nc3ccccc3)c(N)c2)(C(F)(F)F)C(F)(F)F)cc1C. The number of anilines is 4. The number of nitrogens with two attached hydrogens (primary N) is 1. The van der Waals surface area contributed by atoms with Crippen molar-refractivity contribution in [1.82, 2.24) is 0 Å². The van der Waals surface area contributed by atoms with Crippen LogP contribution in [0.5, 0.6) is 0 Å². The molecular weight excluding hydrogens is 432 g/mol. The fourth-order valence-corrected chi connectivity index (χ4v) is 3.75. The summed E-state index contributed by atoms with van der Waals surface area (Å²) < 4.78 is 86.1. The molecule has 3 nitrogen and oxygen atoms in total. The molecule has 9 heteroatoms. The third kappa shape index (κ3) is 3.94. The van der Waals surface area contributed by atoms with E-state index in [1.807, 2.05) is 0 Å². The van der Waals surface area contributed by atoms with E-state index in [4.69, 9.17) is 5.73 Å². The largest absolute Gasteiger partial charge is 0.411 e. The summed E-state index contributed by atoms with van der Waals surface area (Å²) in [4.78, 5) is 0. The van der Waals surface area contributed by atoms with Crippen LogP contribution in [0.15, 0.2) is 66.7 Å². The minimum Gasteiger partial charge on any atom is -0.397 e. The number of nitrogen functional groups attached to an aromatic ring is 1. The molecule has 0 amide bonds. The molecule has 0 aliphatic rings. The second-order valence-corrected chi connectivity index (χ2v) is 7.32. The average molecular weight is 453 g/mol. The number of para-hydroxylation sites is 1. The van der Waals surface area contributed by atoms with Gasteiger partial charge in [-0.1, -0.05) is 36.4 Å². The zero-order valence-corrected chi connectivity index (χ0v) is 17.2. The number of halogens is 6. The lowest BCUT2D eigenvalue weighted by Crippen LogP contribution is -2.54. The molecule has 0 aliphatic carbocycles. The Morgan fingerprint density at radius 2 is 1.25 bits per heavy atom. The summed E-state index contributed by atoms with van der Waals surface area (Å²) in [7, 11) is 1.53. The second kappa shape index (κ2) is 8.29. The van der Waals surface area contributed by atoms with E-state index in [1.54, 1.807) is 30.3 Å². The number of hydrogen-bond acceptors (Lipinski definition) is 3. The summed E-state index contributed by atoms with van der Waals surface area (Å²) in [6.07, 6.45) is -11.4. The number of benzene rings is 3. The quantitative estimate of drug-likeness (QED) is 0.295. The van der Waals surface area contributed by atoms with Crippen molar-refractivity contribution in [2.75, 3.05) is 23.4 Å². The summed E-state index contributed by atoms with van der Waals surface area (Å²) >= 11 is 0. The molecule has 3 aromatic carbocycles. The van der Waals surface area contributed by atoms with Crippen molar-refractivity contribution in [3.8, 4) is 0 Å². The van der Waals surface area contributed by atoms with E-state index in [-0.39, 0.29) is 16.9 Å². The maximum absolute atomic E-state index is 14.3. The molecule has 0 spiro atoms. The molecule has 0 unspecified atom stereocenters. The Kier molecular flexibility index (Phi) is 6.04. The van der Waals surface area contributed by atoms with Gasteiger partial charge in [0.2, 0.25) is 5.41 Å². The number of aryl methyl sites for hydroxylation is 1. The first-order chi connectivity index (χ1) is 14.9. The van der Waals surface area contributed by atoms with E-state index in [9.17, 15) is 26.3 Å². The highest BCUT2D eigenvalue weighted by molar-refractivity contribution is 5.74. The van der Waals surface area contributed by atoms with Crippen LogP contribution in [0.2, 0.25) is 0 Å². The van der Waals surface area contributed by atoms with Gasteiger partial charge in [0.1, 0.15) is 0 Å². The van der Waals surface area contributed by atoms with E-state index < -0.39 is 28.9 Å². The van der Waals surface area contributed by atoms with E-state index in [0.29, 0.717) is 11.4 Å². The fourth-order valence-electron chi connectivity index (χ4n) is 3.75.